The van der Waals surface area contributed by atoms with Gasteiger partial charge in [0.1, 0.15) is 0 Å². The second kappa shape index (κ2) is 7.75. The SMILES string of the molecule is CC(C)CCC[C@@H](C)[C@H]1CC[C@H]2C3=C(CC[C@@]12C)[C@@]1(C)CC[C@@H](O)C[C@@H]1CC3. The minimum absolute atomic E-state index is 0.0309. The van der Waals surface area contributed by atoms with Gasteiger partial charge in [-0.3, -0.25) is 0 Å². The normalized spacial score (nSPS) is 44.2. The molecule has 1 heteroatoms. The Morgan fingerprint density at radius 2 is 1.75 bits per heavy atom. The summed E-state index contributed by atoms with van der Waals surface area (Å²) in [7, 11) is 0. The Morgan fingerprint density at radius 3 is 2.50 bits per heavy atom. The van der Waals surface area contributed by atoms with Gasteiger partial charge in [0.2, 0.25) is 0 Å². The highest BCUT2D eigenvalue weighted by Gasteiger charge is 2.55. The van der Waals surface area contributed by atoms with Crippen molar-refractivity contribution in [3.05, 3.63) is 11.1 Å². The molecule has 2 saturated carbocycles. The molecule has 0 amide bonds. The molecule has 4 rings (SSSR count). The fourth-order valence-corrected chi connectivity index (χ4v) is 8.46. The molecule has 28 heavy (non-hydrogen) atoms. The van der Waals surface area contributed by atoms with Crippen molar-refractivity contribution in [1.29, 1.82) is 0 Å². The molecular formula is C27H46O. The molecule has 4 aliphatic carbocycles. The standard InChI is InChI=1S/C27H46O/c1-18(2)7-6-8-19(3)23-11-12-24-22-10-9-20-17-21(28)13-15-26(20,4)25(22)14-16-27(23,24)5/h18-21,23-24,28H,6-17H2,1-5H3/t19-,20+,21-,23-,24+,26+,27+/m1/s1. The lowest BCUT2D eigenvalue weighted by Crippen LogP contribution is -2.45. The van der Waals surface area contributed by atoms with Gasteiger partial charge in [-0.2, -0.15) is 0 Å². The monoisotopic (exact) mass is 386 g/mol. The third-order valence-electron chi connectivity index (χ3n) is 10.2. The van der Waals surface area contributed by atoms with Gasteiger partial charge in [0.25, 0.3) is 0 Å². The van der Waals surface area contributed by atoms with Crippen molar-refractivity contribution in [3.8, 4) is 0 Å². The van der Waals surface area contributed by atoms with Gasteiger partial charge in [0, 0.05) is 0 Å². The van der Waals surface area contributed by atoms with Crippen LogP contribution in [-0.2, 0) is 0 Å². The minimum atomic E-state index is -0.0309. The average molecular weight is 387 g/mol. The Hall–Kier alpha value is -0.300. The van der Waals surface area contributed by atoms with Crippen molar-refractivity contribution in [1.82, 2.24) is 0 Å². The number of allylic oxidation sites excluding steroid dienone is 2. The van der Waals surface area contributed by atoms with Gasteiger partial charge in [-0.05, 0) is 98.2 Å². The van der Waals surface area contributed by atoms with Crippen LogP contribution in [0.25, 0.3) is 0 Å². The van der Waals surface area contributed by atoms with E-state index in [9.17, 15) is 5.11 Å². The van der Waals surface area contributed by atoms with E-state index in [0.717, 1.165) is 42.4 Å². The van der Waals surface area contributed by atoms with Crippen molar-refractivity contribution in [3.63, 3.8) is 0 Å². The van der Waals surface area contributed by atoms with Crippen molar-refractivity contribution in [2.24, 2.45) is 40.4 Å². The average Bonchev–Trinajstić information content (AvgIpc) is 2.99. The first-order chi connectivity index (χ1) is 13.3. The smallest absolute Gasteiger partial charge is 0.0543 e. The molecule has 0 aromatic heterocycles. The van der Waals surface area contributed by atoms with Crippen LogP contribution in [0.5, 0.6) is 0 Å². The Labute approximate surface area is 174 Å². The fraction of sp³-hybridized carbons (Fsp3) is 0.926. The number of hydrogen-bond donors (Lipinski definition) is 1. The highest BCUT2D eigenvalue weighted by Crippen LogP contribution is 2.66. The first-order valence-corrected chi connectivity index (χ1v) is 12.7. The third kappa shape index (κ3) is 3.42. The summed E-state index contributed by atoms with van der Waals surface area (Å²) in [5.41, 5.74) is 4.77. The number of hydrogen-bond acceptors (Lipinski definition) is 1. The Balaban J connectivity index is 1.52. The highest BCUT2D eigenvalue weighted by atomic mass is 16.3. The molecule has 1 N–H and O–H groups in total. The second-order valence-corrected chi connectivity index (χ2v) is 12.1. The lowest BCUT2D eigenvalue weighted by Gasteiger charge is -2.55. The molecule has 0 spiro atoms. The lowest BCUT2D eigenvalue weighted by molar-refractivity contribution is 0.0132. The van der Waals surface area contributed by atoms with Gasteiger partial charge in [0.05, 0.1) is 6.10 Å². The maximum atomic E-state index is 10.2. The molecule has 0 heterocycles. The van der Waals surface area contributed by atoms with Crippen LogP contribution < -0.4 is 0 Å². The molecule has 1 nitrogen and oxygen atoms in total. The van der Waals surface area contributed by atoms with Crippen LogP contribution in [0.2, 0.25) is 0 Å². The van der Waals surface area contributed by atoms with Gasteiger partial charge < -0.3 is 5.11 Å². The van der Waals surface area contributed by atoms with Crippen molar-refractivity contribution in [2.45, 2.75) is 118 Å². The molecular weight excluding hydrogens is 340 g/mol. The first-order valence-electron chi connectivity index (χ1n) is 12.7. The number of rotatable bonds is 5. The van der Waals surface area contributed by atoms with Crippen molar-refractivity contribution in [2.75, 3.05) is 0 Å². The van der Waals surface area contributed by atoms with Crippen LogP contribution in [0, 0.1) is 40.4 Å². The van der Waals surface area contributed by atoms with Crippen LogP contribution in [0.4, 0.5) is 0 Å². The summed E-state index contributed by atoms with van der Waals surface area (Å²) in [6.07, 6.45) is 16.0. The van der Waals surface area contributed by atoms with Crippen LogP contribution in [-0.4, -0.2) is 11.2 Å². The molecule has 0 aliphatic heterocycles. The van der Waals surface area contributed by atoms with Gasteiger partial charge in [-0.1, -0.05) is 65.0 Å². The van der Waals surface area contributed by atoms with Crippen molar-refractivity contribution < 1.29 is 5.11 Å². The quantitative estimate of drug-likeness (QED) is 0.484. The predicted molar refractivity (Wildman–Crippen MR) is 119 cm³/mol. The zero-order valence-corrected chi connectivity index (χ0v) is 19.4. The van der Waals surface area contributed by atoms with Crippen molar-refractivity contribution >= 4 is 0 Å². The molecule has 160 valence electrons. The van der Waals surface area contributed by atoms with Crippen LogP contribution in [0.1, 0.15) is 112 Å². The van der Waals surface area contributed by atoms with Gasteiger partial charge in [-0.15, -0.1) is 0 Å². The van der Waals surface area contributed by atoms with Gasteiger partial charge in [-0.25, -0.2) is 0 Å². The molecule has 2 fully saturated rings. The molecule has 0 aromatic rings. The summed E-state index contributed by atoms with van der Waals surface area (Å²) in [6.45, 7) is 12.6. The van der Waals surface area contributed by atoms with Gasteiger partial charge in [0.15, 0.2) is 0 Å². The van der Waals surface area contributed by atoms with E-state index >= 15 is 0 Å². The Kier molecular flexibility index (Phi) is 5.80. The van der Waals surface area contributed by atoms with E-state index in [4.69, 9.17) is 0 Å². The summed E-state index contributed by atoms with van der Waals surface area (Å²) < 4.78 is 0. The molecule has 7 atom stereocenters. The number of aliphatic hydroxyl groups excluding tert-OH is 1. The van der Waals surface area contributed by atoms with Crippen LogP contribution >= 0.6 is 0 Å². The van der Waals surface area contributed by atoms with Crippen LogP contribution in [0.3, 0.4) is 0 Å². The molecule has 0 radical (unpaired) electrons. The number of aliphatic hydroxyl groups is 1. The number of fused-ring (bicyclic) bond motifs is 4. The summed E-state index contributed by atoms with van der Waals surface area (Å²) in [5.74, 6) is 4.31. The van der Waals surface area contributed by atoms with Crippen LogP contribution in [0.15, 0.2) is 11.1 Å². The minimum Gasteiger partial charge on any atom is -0.393 e. The zero-order valence-electron chi connectivity index (χ0n) is 19.4. The van der Waals surface area contributed by atoms with E-state index in [2.05, 4.69) is 34.6 Å². The highest BCUT2D eigenvalue weighted by molar-refractivity contribution is 5.34. The summed E-state index contributed by atoms with van der Waals surface area (Å²) in [5, 5.41) is 10.2. The van der Waals surface area contributed by atoms with E-state index in [1.54, 1.807) is 0 Å². The summed E-state index contributed by atoms with van der Waals surface area (Å²) in [4.78, 5) is 0. The summed E-state index contributed by atoms with van der Waals surface area (Å²) in [6, 6.07) is 0. The van der Waals surface area contributed by atoms with E-state index < -0.39 is 0 Å². The van der Waals surface area contributed by atoms with E-state index in [1.807, 2.05) is 11.1 Å². The zero-order chi connectivity index (χ0) is 20.1. The fourth-order valence-electron chi connectivity index (χ4n) is 8.46. The topological polar surface area (TPSA) is 20.2 Å². The maximum absolute atomic E-state index is 10.2. The summed E-state index contributed by atoms with van der Waals surface area (Å²) >= 11 is 0. The molecule has 4 aliphatic rings. The van der Waals surface area contributed by atoms with Gasteiger partial charge >= 0.3 is 0 Å². The largest absolute Gasteiger partial charge is 0.393 e. The Morgan fingerprint density at radius 1 is 0.964 bits per heavy atom. The maximum Gasteiger partial charge on any atom is 0.0543 e. The van der Waals surface area contributed by atoms with E-state index in [-0.39, 0.29) is 6.10 Å². The third-order valence-corrected chi connectivity index (χ3v) is 10.2. The molecule has 0 saturated heterocycles. The molecule has 0 unspecified atom stereocenters. The predicted octanol–water partition coefficient (Wildman–Crippen LogP) is 7.53. The molecule has 0 bridgehead atoms. The second-order valence-electron chi connectivity index (χ2n) is 12.1. The van der Waals surface area contributed by atoms with E-state index in [1.165, 1.54) is 64.2 Å². The lowest BCUT2D eigenvalue weighted by atomic mass is 9.50. The molecule has 0 aromatic carbocycles. The van der Waals surface area contributed by atoms with E-state index in [0.29, 0.717) is 10.8 Å². The Bertz CT molecular complexity index is 603. The first kappa shape index (κ1) is 21.0.